The van der Waals surface area contributed by atoms with Crippen molar-refractivity contribution in [1.82, 2.24) is 4.90 Å². The SMILES string of the molecule is O=C1c2cccc(F)c2CN1C1CCC1. The van der Waals surface area contributed by atoms with E-state index in [1.807, 2.05) is 4.90 Å². The monoisotopic (exact) mass is 205 g/mol. The van der Waals surface area contributed by atoms with E-state index in [1.54, 1.807) is 12.1 Å². The molecule has 1 heterocycles. The summed E-state index contributed by atoms with van der Waals surface area (Å²) in [7, 11) is 0. The number of carbonyl (C=O) groups is 1. The summed E-state index contributed by atoms with van der Waals surface area (Å²) < 4.78 is 13.4. The van der Waals surface area contributed by atoms with Crippen LogP contribution in [0.5, 0.6) is 0 Å². The first-order valence-corrected chi connectivity index (χ1v) is 5.36. The molecule has 78 valence electrons. The Morgan fingerprint density at radius 2 is 2.13 bits per heavy atom. The highest BCUT2D eigenvalue weighted by atomic mass is 19.1. The van der Waals surface area contributed by atoms with E-state index in [1.165, 1.54) is 12.5 Å². The van der Waals surface area contributed by atoms with Gasteiger partial charge in [-0.15, -0.1) is 0 Å². The van der Waals surface area contributed by atoms with Crippen LogP contribution >= 0.6 is 0 Å². The topological polar surface area (TPSA) is 20.3 Å². The van der Waals surface area contributed by atoms with Crippen molar-refractivity contribution in [3.05, 3.63) is 35.1 Å². The maximum Gasteiger partial charge on any atom is 0.254 e. The Morgan fingerprint density at radius 1 is 1.33 bits per heavy atom. The molecule has 0 unspecified atom stereocenters. The Morgan fingerprint density at radius 3 is 2.73 bits per heavy atom. The average molecular weight is 205 g/mol. The number of halogens is 1. The van der Waals surface area contributed by atoms with Crippen molar-refractivity contribution in [2.24, 2.45) is 0 Å². The van der Waals surface area contributed by atoms with Crippen molar-refractivity contribution in [3.8, 4) is 0 Å². The highest BCUT2D eigenvalue weighted by Gasteiger charge is 2.36. The minimum absolute atomic E-state index is 0.00852. The fourth-order valence-electron chi connectivity index (χ4n) is 2.31. The Hall–Kier alpha value is -1.38. The van der Waals surface area contributed by atoms with Crippen LogP contribution in [-0.4, -0.2) is 16.8 Å². The van der Waals surface area contributed by atoms with Gasteiger partial charge in [-0.2, -0.15) is 0 Å². The fourth-order valence-corrected chi connectivity index (χ4v) is 2.31. The maximum absolute atomic E-state index is 13.4. The van der Waals surface area contributed by atoms with E-state index in [9.17, 15) is 9.18 Å². The lowest BCUT2D eigenvalue weighted by Gasteiger charge is -2.34. The van der Waals surface area contributed by atoms with Crippen LogP contribution in [0.4, 0.5) is 4.39 Å². The van der Waals surface area contributed by atoms with Gasteiger partial charge in [-0.1, -0.05) is 6.07 Å². The van der Waals surface area contributed by atoms with Crippen LogP contribution < -0.4 is 0 Å². The molecule has 3 heteroatoms. The van der Waals surface area contributed by atoms with Gasteiger partial charge in [0.15, 0.2) is 0 Å². The molecule has 0 saturated heterocycles. The van der Waals surface area contributed by atoms with Crippen LogP contribution in [0.1, 0.15) is 35.2 Å². The third-order valence-corrected chi connectivity index (χ3v) is 3.45. The van der Waals surface area contributed by atoms with Crippen molar-refractivity contribution in [1.29, 1.82) is 0 Å². The molecule has 2 nitrogen and oxygen atoms in total. The zero-order chi connectivity index (χ0) is 10.4. The third kappa shape index (κ3) is 1.19. The lowest BCUT2D eigenvalue weighted by atomic mass is 9.92. The van der Waals surface area contributed by atoms with Gasteiger partial charge in [0.1, 0.15) is 5.82 Å². The zero-order valence-corrected chi connectivity index (χ0v) is 8.37. The number of carbonyl (C=O) groups excluding carboxylic acids is 1. The molecule has 2 aliphatic rings. The highest BCUT2D eigenvalue weighted by molar-refractivity contribution is 5.98. The smallest absolute Gasteiger partial charge is 0.254 e. The largest absolute Gasteiger partial charge is 0.331 e. The summed E-state index contributed by atoms with van der Waals surface area (Å²) in [5.74, 6) is -0.239. The highest BCUT2D eigenvalue weighted by Crippen LogP contribution is 2.33. The van der Waals surface area contributed by atoms with E-state index >= 15 is 0 Å². The van der Waals surface area contributed by atoms with E-state index in [-0.39, 0.29) is 11.7 Å². The van der Waals surface area contributed by atoms with E-state index in [0.29, 0.717) is 23.7 Å². The number of rotatable bonds is 1. The van der Waals surface area contributed by atoms with E-state index < -0.39 is 0 Å². The normalized spacial score (nSPS) is 20.3. The lowest BCUT2D eigenvalue weighted by Crippen LogP contribution is -2.40. The van der Waals surface area contributed by atoms with Crippen LogP contribution in [0.25, 0.3) is 0 Å². The third-order valence-electron chi connectivity index (χ3n) is 3.45. The van der Waals surface area contributed by atoms with Gasteiger partial charge in [0.05, 0.1) is 0 Å². The van der Waals surface area contributed by atoms with E-state index in [4.69, 9.17) is 0 Å². The van der Waals surface area contributed by atoms with Crippen molar-refractivity contribution < 1.29 is 9.18 Å². The maximum atomic E-state index is 13.4. The molecule has 0 N–H and O–H groups in total. The summed E-state index contributed by atoms with van der Waals surface area (Å²) in [4.78, 5) is 13.8. The van der Waals surface area contributed by atoms with Crippen molar-refractivity contribution in [2.45, 2.75) is 31.8 Å². The number of benzene rings is 1. The van der Waals surface area contributed by atoms with Crippen LogP contribution in [0.3, 0.4) is 0 Å². The molecule has 1 amide bonds. The van der Waals surface area contributed by atoms with Gasteiger partial charge < -0.3 is 4.90 Å². The van der Waals surface area contributed by atoms with Gasteiger partial charge in [-0.3, -0.25) is 4.79 Å². The molecular weight excluding hydrogens is 193 g/mol. The zero-order valence-electron chi connectivity index (χ0n) is 8.37. The molecule has 3 rings (SSSR count). The summed E-state index contributed by atoms with van der Waals surface area (Å²) in [6, 6.07) is 5.11. The average Bonchev–Trinajstić information content (AvgIpc) is 2.45. The minimum atomic E-state index is -0.248. The Labute approximate surface area is 87.7 Å². The molecule has 1 aliphatic carbocycles. The molecule has 1 aliphatic heterocycles. The number of fused-ring (bicyclic) bond motifs is 1. The molecule has 0 radical (unpaired) electrons. The van der Waals surface area contributed by atoms with Gasteiger partial charge in [0.25, 0.3) is 5.91 Å². The summed E-state index contributed by atoms with van der Waals surface area (Å²) in [6.45, 7) is 0.464. The van der Waals surface area contributed by atoms with Crippen LogP contribution in [0.15, 0.2) is 18.2 Å². The fraction of sp³-hybridized carbons (Fsp3) is 0.417. The standard InChI is InChI=1S/C12H12FNO/c13-11-6-2-5-9-10(11)7-14(12(9)15)8-3-1-4-8/h2,5-6,8H,1,3-4,7H2. The Balaban J connectivity index is 1.97. The van der Waals surface area contributed by atoms with E-state index in [2.05, 4.69) is 0 Å². The number of amides is 1. The molecule has 1 aromatic rings. The van der Waals surface area contributed by atoms with Gasteiger partial charge in [0, 0.05) is 23.7 Å². The minimum Gasteiger partial charge on any atom is -0.331 e. The van der Waals surface area contributed by atoms with Gasteiger partial charge >= 0.3 is 0 Å². The second-order valence-electron chi connectivity index (χ2n) is 4.28. The van der Waals surface area contributed by atoms with Gasteiger partial charge in [-0.25, -0.2) is 4.39 Å². The molecule has 0 atom stereocenters. The molecule has 1 saturated carbocycles. The van der Waals surface area contributed by atoms with Crippen molar-refractivity contribution in [2.75, 3.05) is 0 Å². The van der Waals surface area contributed by atoms with Crippen molar-refractivity contribution >= 4 is 5.91 Å². The summed E-state index contributed by atoms with van der Waals surface area (Å²) in [6.07, 6.45) is 3.33. The molecule has 0 bridgehead atoms. The first-order chi connectivity index (χ1) is 7.27. The first kappa shape index (κ1) is 8.89. The Kier molecular flexibility index (Phi) is 1.81. The lowest BCUT2D eigenvalue weighted by molar-refractivity contribution is 0.0605. The quantitative estimate of drug-likeness (QED) is 0.689. The predicted molar refractivity (Wildman–Crippen MR) is 53.9 cm³/mol. The number of hydrogen-bond donors (Lipinski definition) is 0. The van der Waals surface area contributed by atoms with Crippen LogP contribution in [-0.2, 0) is 6.54 Å². The molecule has 15 heavy (non-hydrogen) atoms. The Bertz CT molecular complexity index is 426. The first-order valence-electron chi connectivity index (χ1n) is 5.36. The molecule has 1 aromatic carbocycles. The second kappa shape index (κ2) is 3.05. The van der Waals surface area contributed by atoms with E-state index in [0.717, 1.165) is 12.8 Å². The molecular formula is C12H12FNO. The van der Waals surface area contributed by atoms with Crippen molar-refractivity contribution in [3.63, 3.8) is 0 Å². The molecule has 1 fully saturated rings. The van der Waals surface area contributed by atoms with Crippen LogP contribution in [0.2, 0.25) is 0 Å². The van der Waals surface area contributed by atoms with Crippen LogP contribution in [0, 0.1) is 5.82 Å². The van der Waals surface area contributed by atoms with Gasteiger partial charge in [-0.05, 0) is 31.4 Å². The summed E-state index contributed by atoms with van der Waals surface area (Å²) in [5.41, 5.74) is 1.14. The number of hydrogen-bond acceptors (Lipinski definition) is 1. The second-order valence-corrected chi connectivity index (χ2v) is 4.28. The predicted octanol–water partition coefficient (Wildman–Crippen LogP) is 2.33. The molecule has 0 aromatic heterocycles. The summed E-state index contributed by atoms with van der Waals surface area (Å²) in [5, 5.41) is 0. The summed E-state index contributed by atoms with van der Waals surface area (Å²) >= 11 is 0. The number of nitrogens with zero attached hydrogens (tertiary/aromatic N) is 1. The molecule has 0 spiro atoms. The van der Waals surface area contributed by atoms with Gasteiger partial charge in [0.2, 0.25) is 0 Å².